The summed E-state index contributed by atoms with van der Waals surface area (Å²) in [6, 6.07) is 8.35. The van der Waals surface area contributed by atoms with E-state index in [4.69, 9.17) is 4.74 Å². The third kappa shape index (κ3) is 1.91. The van der Waals surface area contributed by atoms with Gasteiger partial charge in [-0.3, -0.25) is 4.68 Å². The number of hydrogen-bond acceptors (Lipinski definition) is 2. The van der Waals surface area contributed by atoms with Crippen LogP contribution in [0.3, 0.4) is 0 Å². The molecule has 3 rings (SSSR count). The Morgan fingerprint density at radius 2 is 2.28 bits per heavy atom. The molecule has 1 aromatic carbocycles. The van der Waals surface area contributed by atoms with Gasteiger partial charge in [0.1, 0.15) is 12.6 Å². The smallest absolute Gasteiger partial charge is 0.148 e. The molecule has 0 spiro atoms. The normalized spacial score (nSPS) is 20.9. The summed E-state index contributed by atoms with van der Waals surface area (Å²) in [5, 5.41) is 5.91. The lowest BCUT2D eigenvalue weighted by Gasteiger charge is -2.26. The lowest BCUT2D eigenvalue weighted by Crippen LogP contribution is -3.09. The number of fused-ring (bicyclic) bond motifs is 3. The molecule has 0 fully saturated rings. The second kappa shape index (κ2) is 4.71. The number of nitrogens with zero attached hydrogens (tertiary/aromatic N) is 2. The van der Waals surface area contributed by atoms with Crippen molar-refractivity contribution in [3.63, 3.8) is 0 Å². The largest absolute Gasteiger partial charge is 0.364 e. The molecule has 0 bridgehead atoms. The molecule has 2 atom stereocenters. The molecule has 96 valence electrons. The number of likely N-dealkylation sites (N-methyl/N-ethyl adjacent to an activating group) is 1. The summed E-state index contributed by atoms with van der Waals surface area (Å²) in [6.07, 6.45) is 0.172. The highest BCUT2D eigenvalue weighted by Gasteiger charge is 2.27. The van der Waals surface area contributed by atoms with Crippen LogP contribution in [0, 0.1) is 0 Å². The van der Waals surface area contributed by atoms with E-state index in [1.807, 2.05) is 6.07 Å². The number of hydrogen-bond donors (Lipinski definition) is 1. The molecule has 1 aliphatic heterocycles. The molecule has 0 aliphatic carbocycles. The molecule has 2 heterocycles. The van der Waals surface area contributed by atoms with Crippen molar-refractivity contribution in [1.82, 2.24) is 9.78 Å². The van der Waals surface area contributed by atoms with Crippen molar-refractivity contribution in [3.8, 4) is 0 Å². The van der Waals surface area contributed by atoms with Crippen LogP contribution in [-0.2, 0) is 11.3 Å². The van der Waals surface area contributed by atoms with Gasteiger partial charge in [0.2, 0.25) is 0 Å². The van der Waals surface area contributed by atoms with Gasteiger partial charge in [0.15, 0.2) is 0 Å². The van der Waals surface area contributed by atoms with Gasteiger partial charge in [-0.05, 0) is 13.0 Å². The highest BCUT2D eigenvalue weighted by Crippen LogP contribution is 2.28. The van der Waals surface area contributed by atoms with Crippen LogP contribution in [0.1, 0.15) is 18.7 Å². The lowest BCUT2D eigenvalue weighted by atomic mass is 10.1. The molecule has 0 radical (unpaired) electrons. The predicted octanol–water partition coefficient (Wildman–Crippen LogP) is 0.642. The minimum atomic E-state index is 0.172. The number of nitrogens with one attached hydrogen (secondary N) is 1. The molecule has 0 saturated carbocycles. The number of aromatic nitrogens is 2. The number of benzene rings is 1. The Bertz CT molecular complexity index is 549. The average molecular weight is 246 g/mol. The van der Waals surface area contributed by atoms with E-state index >= 15 is 0 Å². The van der Waals surface area contributed by atoms with Crippen LogP contribution in [0.25, 0.3) is 10.9 Å². The summed E-state index contributed by atoms with van der Waals surface area (Å²) in [4.78, 5) is 1.48. The van der Waals surface area contributed by atoms with E-state index in [0.29, 0.717) is 0 Å². The maximum Gasteiger partial charge on any atom is 0.148 e. The maximum atomic E-state index is 5.96. The first-order valence-electron chi connectivity index (χ1n) is 6.68. The first-order valence-corrected chi connectivity index (χ1v) is 6.68. The molecular weight excluding hydrogens is 226 g/mol. The van der Waals surface area contributed by atoms with Crippen molar-refractivity contribution in [2.45, 2.75) is 19.6 Å². The predicted molar refractivity (Wildman–Crippen MR) is 70.7 cm³/mol. The third-order valence-corrected chi connectivity index (χ3v) is 3.75. The molecule has 1 aromatic heterocycles. The molecule has 0 amide bonds. The Balaban J connectivity index is 2.03. The molecule has 1 N–H and O–H groups in total. The summed E-state index contributed by atoms with van der Waals surface area (Å²) in [5.74, 6) is 0. The highest BCUT2D eigenvalue weighted by molar-refractivity contribution is 5.81. The number of quaternary nitrogens is 1. The Morgan fingerprint density at radius 1 is 1.44 bits per heavy atom. The van der Waals surface area contributed by atoms with Gasteiger partial charge in [0.25, 0.3) is 0 Å². The lowest BCUT2D eigenvalue weighted by molar-refractivity contribution is -0.882. The highest BCUT2D eigenvalue weighted by atomic mass is 16.5. The van der Waals surface area contributed by atoms with E-state index in [2.05, 4.69) is 42.0 Å². The third-order valence-electron chi connectivity index (χ3n) is 3.75. The van der Waals surface area contributed by atoms with Crippen molar-refractivity contribution >= 4 is 10.9 Å². The summed E-state index contributed by atoms with van der Waals surface area (Å²) >= 11 is 0. The summed E-state index contributed by atoms with van der Waals surface area (Å²) < 4.78 is 8.09. The topological polar surface area (TPSA) is 31.5 Å². The number of ether oxygens (including phenoxy) is 1. The zero-order chi connectivity index (χ0) is 12.5. The number of rotatable bonds is 3. The minimum Gasteiger partial charge on any atom is -0.364 e. The van der Waals surface area contributed by atoms with E-state index in [-0.39, 0.29) is 6.10 Å². The van der Waals surface area contributed by atoms with Gasteiger partial charge in [0.05, 0.1) is 38.0 Å². The first-order chi connectivity index (χ1) is 8.79. The monoisotopic (exact) mass is 246 g/mol. The van der Waals surface area contributed by atoms with Gasteiger partial charge >= 0.3 is 0 Å². The molecule has 1 aliphatic rings. The van der Waals surface area contributed by atoms with E-state index in [1.54, 1.807) is 0 Å². The van der Waals surface area contributed by atoms with E-state index < -0.39 is 0 Å². The van der Waals surface area contributed by atoms with Gasteiger partial charge in [-0.25, -0.2) is 0 Å². The Labute approximate surface area is 107 Å². The van der Waals surface area contributed by atoms with Crippen molar-refractivity contribution < 1.29 is 9.64 Å². The fourth-order valence-electron chi connectivity index (χ4n) is 2.59. The standard InChI is InChI=1S/C14H19N3O/c1-3-16(2)10-13-14-11-6-4-5-7-12(11)15-17(14)8-9-18-13/h4-7,13H,3,8-10H2,1-2H3/p+1/t13-/m1/s1. The molecule has 4 nitrogen and oxygen atoms in total. The minimum absolute atomic E-state index is 0.172. The molecule has 4 heteroatoms. The summed E-state index contributed by atoms with van der Waals surface area (Å²) in [5.41, 5.74) is 2.34. The molecule has 18 heavy (non-hydrogen) atoms. The molecule has 2 aromatic rings. The van der Waals surface area contributed by atoms with Crippen molar-refractivity contribution in [2.24, 2.45) is 0 Å². The maximum absolute atomic E-state index is 5.96. The van der Waals surface area contributed by atoms with E-state index in [9.17, 15) is 0 Å². The van der Waals surface area contributed by atoms with Crippen LogP contribution in [0.4, 0.5) is 0 Å². The van der Waals surface area contributed by atoms with Gasteiger partial charge in [0, 0.05) is 5.39 Å². The van der Waals surface area contributed by atoms with Gasteiger partial charge in [-0.1, -0.05) is 18.2 Å². The van der Waals surface area contributed by atoms with E-state index in [0.717, 1.165) is 31.8 Å². The molecule has 0 saturated heterocycles. The fraction of sp³-hybridized carbons (Fsp3) is 0.500. The molecule has 1 unspecified atom stereocenters. The van der Waals surface area contributed by atoms with Crippen LogP contribution < -0.4 is 4.90 Å². The first kappa shape index (κ1) is 11.7. The second-order valence-corrected chi connectivity index (χ2v) is 5.00. The van der Waals surface area contributed by atoms with Gasteiger partial charge < -0.3 is 9.64 Å². The Kier molecular flexibility index (Phi) is 3.06. The van der Waals surface area contributed by atoms with Crippen molar-refractivity contribution in [1.29, 1.82) is 0 Å². The zero-order valence-electron chi connectivity index (χ0n) is 11.0. The second-order valence-electron chi connectivity index (χ2n) is 5.00. The summed E-state index contributed by atoms with van der Waals surface area (Å²) in [6.45, 7) is 5.96. The Hall–Kier alpha value is -1.39. The van der Waals surface area contributed by atoms with Crippen molar-refractivity contribution in [3.05, 3.63) is 30.0 Å². The molecular formula is C14H20N3O+. The quantitative estimate of drug-likeness (QED) is 0.862. The zero-order valence-corrected chi connectivity index (χ0v) is 11.0. The SMILES string of the molecule is CC[NH+](C)C[C@H]1OCCn2nc3ccccc3c21. The van der Waals surface area contributed by atoms with Crippen molar-refractivity contribution in [2.75, 3.05) is 26.7 Å². The van der Waals surface area contributed by atoms with Crippen LogP contribution in [-0.4, -0.2) is 36.5 Å². The van der Waals surface area contributed by atoms with E-state index in [1.165, 1.54) is 16.0 Å². The van der Waals surface area contributed by atoms with Crippen LogP contribution in [0.5, 0.6) is 0 Å². The summed E-state index contributed by atoms with van der Waals surface area (Å²) in [7, 11) is 2.21. The van der Waals surface area contributed by atoms with Crippen LogP contribution >= 0.6 is 0 Å². The average Bonchev–Trinajstić information content (AvgIpc) is 2.78. The Morgan fingerprint density at radius 3 is 3.11 bits per heavy atom. The van der Waals surface area contributed by atoms with Crippen LogP contribution in [0.15, 0.2) is 24.3 Å². The van der Waals surface area contributed by atoms with Gasteiger partial charge in [-0.15, -0.1) is 0 Å². The van der Waals surface area contributed by atoms with Crippen LogP contribution in [0.2, 0.25) is 0 Å². The van der Waals surface area contributed by atoms with Gasteiger partial charge in [-0.2, -0.15) is 5.10 Å². The fourth-order valence-corrected chi connectivity index (χ4v) is 2.59.